The van der Waals surface area contributed by atoms with Gasteiger partial charge in [0.1, 0.15) is 0 Å². The molecular weight excluding hydrogens is 258 g/mol. The summed E-state index contributed by atoms with van der Waals surface area (Å²) in [6.07, 6.45) is 4.46. The fourth-order valence-electron chi connectivity index (χ4n) is 2.67. The number of methoxy groups -OCH3 is 1. The third-order valence-corrected chi connectivity index (χ3v) is 3.89. The average molecular weight is 279 g/mol. The molecule has 0 saturated heterocycles. The van der Waals surface area contributed by atoms with Gasteiger partial charge in [-0.1, -0.05) is 19.3 Å². The molecule has 1 aliphatic carbocycles. The number of carboxylic acid groups (broad SMARTS) is 1. The molecule has 1 fully saturated rings. The number of aliphatic carboxylic acids is 1. The van der Waals surface area contributed by atoms with E-state index in [2.05, 4.69) is 15.3 Å². The molecule has 6 heteroatoms. The molecule has 110 valence electrons. The summed E-state index contributed by atoms with van der Waals surface area (Å²) in [6.45, 7) is 2.21. The number of carboxylic acids is 1. The van der Waals surface area contributed by atoms with Crippen LogP contribution in [0.4, 0.5) is 5.95 Å². The molecule has 0 amide bonds. The molecule has 20 heavy (non-hydrogen) atoms. The zero-order chi connectivity index (χ0) is 14.6. The fourth-order valence-corrected chi connectivity index (χ4v) is 2.67. The van der Waals surface area contributed by atoms with Crippen LogP contribution >= 0.6 is 0 Å². The Morgan fingerprint density at radius 1 is 1.40 bits per heavy atom. The van der Waals surface area contributed by atoms with Crippen molar-refractivity contribution in [1.29, 1.82) is 0 Å². The van der Waals surface area contributed by atoms with Crippen molar-refractivity contribution < 1.29 is 14.6 Å². The quantitative estimate of drug-likeness (QED) is 0.860. The molecule has 0 unspecified atom stereocenters. The zero-order valence-corrected chi connectivity index (χ0v) is 12.0. The molecule has 0 atom stereocenters. The molecule has 2 rings (SSSR count). The molecule has 0 radical (unpaired) electrons. The van der Waals surface area contributed by atoms with Gasteiger partial charge in [0.15, 0.2) is 0 Å². The number of anilines is 1. The number of hydrogen-bond acceptors (Lipinski definition) is 5. The number of rotatable bonds is 5. The first-order chi connectivity index (χ1) is 9.55. The lowest BCUT2D eigenvalue weighted by Gasteiger charge is -2.33. The van der Waals surface area contributed by atoms with E-state index in [1.807, 2.05) is 6.92 Å². The van der Waals surface area contributed by atoms with Crippen molar-refractivity contribution in [3.63, 3.8) is 0 Å². The summed E-state index contributed by atoms with van der Waals surface area (Å²) in [6, 6.07) is 1.73. The van der Waals surface area contributed by atoms with E-state index in [-0.39, 0.29) is 0 Å². The first-order valence-corrected chi connectivity index (χ1v) is 6.93. The monoisotopic (exact) mass is 279 g/mol. The highest BCUT2D eigenvalue weighted by molar-refractivity contribution is 5.75. The van der Waals surface area contributed by atoms with E-state index < -0.39 is 11.4 Å². The topological polar surface area (TPSA) is 84.3 Å². The van der Waals surface area contributed by atoms with E-state index in [4.69, 9.17) is 4.74 Å². The minimum atomic E-state index is -0.732. The van der Waals surface area contributed by atoms with Crippen molar-refractivity contribution in [1.82, 2.24) is 9.97 Å². The predicted octanol–water partition coefficient (Wildman–Crippen LogP) is 2.24. The maximum atomic E-state index is 11.6. The molecule has 0 aromatic carbocycles. The summed E-state index contributed by atoms with van der Waals surface area (Å²) in [4.78, 5) is 20.0. The number of hydrogen-bond donors (Lipinski definition) is 2. The molecule has 1 aromatic rings. The normalized spacial score (nSPS) is 17.5. The van der Waals surface area contributed by atoms with Crippen molar-refractivity contribution in [2.24, 2.45) is 5.41 Å². The number of nitrogens with zero attached hydrogens (tertiary/aromatic N) is 2. The smallest absolute Gasteiger partial charge is 0.311 e. The molecule has 1 saturated carbocycles. The highest BCUT2D eigenvalue weighted by Crippen LogP contribution is 2.36. The van der Waals surface area contributed by atoms with Gasteiger partial charge in [0.25, 0.3) is 0 Å². The Kier molecular flexibility index (Phi) is 4.42. The van der Waals surface area contributed by atoms with E-state index in [0.29, 0.717) is 31.2 Å². The van der Waals surface area contributed by atoms with E-state index in [1.165, 1.54) is 0 Å². The van der Waals surface area contributed by atoms with Crippen LogP contribution in [0.3, 0.4) is 0 Å². The minimum absolute atomic E-state index is 0.356. The minimum Gasteiger partial charge on any atom is -0.481 e. The SMILES string of the molecule is COc1cc(C)nc(NCC2(C(=O)O)CCCCC2)n1. The molecule has 0 aliphatic heterocycles. The molecular formula is C14H21N3O3. The zero-order valence-electron chi connectivity index (χ0n) is 12.0. The molecule has 1 aliphatic rings. The largest absolute Gasteiger partial charge is 0.481 e. The van der Waals surface area contributed by atoms with Crippen LogP contribution in [0.2, 0.25) is 0 Å². The van der Waals surface area contributed by atoms with Crippen LogP contribution in [0.5, 0.6) is 5.88 Å². The highest BCUT2D eigenvalue weighted by atomic mass is 16.5. The lowest BCUT2D eigenvalue weighted by atomic mass is 9.74. The predicted molar refractivity (Wildman–Crippen MR) is 75.0 cm³/mol. The molecule has 6 nitrogen and oxygen atoms in total. The Balaban J connectivity index is 2.09. The van der Waals surface area contributed by atoms with Gasteiger partial charge in [0.05, 0.1) is 12.5 Å². The number of nitrogens with one attached hydrogen (secondary N) is 1. The van der Waals surface area contributed by atoms with Crippen LogP contribution < -0.4 is 10.1 Å². The van der Waals surface area contributed by atoms with E-state index in [0.717, 1.165) is 25.0 Å². The molecule has 2 N–H and O–H groups in total. The van der Waals surface area contributed by atoms with Gasteiger partial charge in [-0.2, -0.15) is 4.98 Å². The van der Waals surface area contributed by atoms with Crippen molar-refractivity contribution in [2.75, 3.05) is 19.0 Å². The van der Waals surface area contributed by atoms with Crippen LogP contribution in [0.15, 0.2) is 6.07 Å². The average Bonchev–Trinajstić information content (AvgIpc) is 2.45. The van der Waals surface area contributed by atoms with Crippen LogP contribution in [-0.2, 0) is 4.79 Å². The van der Waals surface area contributed by atoms with Gasteiger partial charge in [-0.15, -0.1) is 0 Å². The van der Waals surface area contributed by atoms with Gasteiger partial charge >= 0.3 is 5.97 Å². The van der Waals surface area contributed by atoms with Crippen molar-refractivity contribution >= 4 is 11.9 Å². The van der Waals surface area contributed by atoms with Crippen molar-refractivity contribution in [2.45, 2.75) is 39.0 Å². The Morgan fingerprint density at radius 3 is 2.70 bits per heavy atom. The maximum Gasteiger partial charge on any atom is 0.311 e. The van der Waals surface area contributed by atoms with Crippen LogP contribution in [-0.4, -0.2) is 34.7 Å². The molecule has 0 bridgehead atoms. The highest BCUT2D eigenvalue weighted by Gasteiger charge is 2.39. The van der Waals surface area contributed by atoms with Gasteiger partial charge in [-0.25, -0.2) is 4.98 Å². The second-order valence-electron chi connectivity index (χ2n) is 5.37. The lowest BCUT2D eigenvalue weighted by molar-refractivity contribution is -0.150. The second kappa shape index (κ2) is 6.07. The molecule has 0 spiro atoms. The van der Waals surface area contributed by atoms with Crippen molar-refractivity contribution in [3.8, 4) is 5.88 Å². The second-order valence-corrected chi connectivity index (χ2v) is 5.37. The summed E-state index contributed by atoms with van der Waals surface area (Å²) in [5.41, 5.74) is 0.0888. The molecule has 1 aromatic heterocycles. The van der Waals surface area contributed by atoms with Crippen LogP contribution in [0.1, 0.15) is 37.8 Å². The van der Waals surface area contributed by atoms with Gasteiger partial charge in [-0.05, 0) is 19.8 Å². The maximum absolute atomic E-state index is 11.6. The first kappa shape index (κ1) is 14.6. The fraction of sp³-hybridized carbons (Fsp3) is 0.643. The van der Waals surface area contributed by atoms with Gasteiger partial charge in [-0.3, -0.25) is 4.79 Å². The summed E-state index contributed by atoms with van der Waals surface area (Å²) < 4.78 is 5.09. The number of carbonyl (C=O) groups is 1. The number of aryl methyl sites for hydroxylation is 1. The summed E-state index contributed by atoms with van der Waals surface area (Å²) in [5.74, 6) is 0.172. The Labute approximate surface area is 118 Å². The third kappa shape index (κ3) is 3.18. The van der Waals surface area contributed by atoms with Gasteiger partial charge < -0.3 is 15.2 Å². The van der Waals surface area contributed by atoms with Crippen LogP contribution in [0, 0.1) is 12.3 Å². The van der Waals surface area contributed by atoms with E-state index in [1.54, 1.807) is 13.2 Å². The lowest BCUT2D eigenvalue weighted by Crippen LogP contribution is -2.40. The third-order valence-electron chi connectivity index (χ3n) is 3.89. The van der Waals surface area contributed by atoms with E-state index >= 15 is 0 Å². The summed E-state index contributed by atoms with van der Waals surface area (Å²) in [5, 5.41) is 12.6. The summed E-state index contributed by atoms with van der Waals surface area (Å²) >= 11 is 0. The van der Waals surface area contributed by atoms with Gasteiger partial charge in [0.2, 0.25) is 11.8 Å². The van der Waals surface area contributed by atoms with Crippen LogP contribution in [0.25, 0.3) is 0 Å². The summed E-state index contributed by atoms with van der Waals surface area (Å²) in [7, 11) is 1.55. The van der Waals surface area contributed by atoms with Crippen molar-refractivity contribution in [3.05, 3.63) is 11.8 Å². The van der Waals surface area contributed by atoms with Gasteiger partial charge in [0, 0.05) is 18.3 Å². The standard InChI is InChI=1S/C14H21N3O3/c1-10-8-11(20-2)17-13(16-10)15-9-14(12(18)19)6-4-3-5-7-14/h8H,3-7,9H2,1-2H3,(H,18,19)(H,15,16,17). The Morgan fingerprint density at radius 2 is 2.10 bits per heavy atom. The Bertz CT molecular complexity index is 485. The Hall–Kier alpha value is -1.85. The van der Waals surface area contributed by atoms with E-state index in [9.17, 15) is 9.90 Å². The molecule has 1 heterocycles. The first-order valence-electron chi connectivity index (χ1n) is 6.93. The number of aromatic nitrogens is 2. The number of ether oxygens (including phenoxy) is 1.